The maximum Gasteiger partial charge on any atom is 0.573 e. The Bertz CT molecular complexity index is 1290. The van der Waals surface area contributed by atoms with Crippen molar-refractivity contribution in [3.8, 4) is 5.75 Å². The second-order valence-electron chi connectivity index (χ2n) is 9.67. The highest BCUT2D eigenvalue weighted by Crippen LogP contribution is 2.40. The number of carbonyl (C=O) groups is 1. The van der Waals surface area contributed by atoms with Crippen LogP contribution < -0.4 is 15.0 Å². The van der Waals surface area contributed by atoms with E-state index in [1.54, 1.807) is 13.8 Å². The number of amides is 1. The maximum atomic E-state index is 13.7. The molecule has 202 valence electrons. The Hall–Kier alpha value is -3.60. The van der Waals surface area contributed by atoms with E-state index in [1.165, 1.54) is 23.1 Å². The molecule has 0 bridgehead atoms. The van der Waals surface area contributed by atoms with Crippen LogP contribution in [0.3, 0.4) is 0 Å². The molecule has 2 aromatic carbocycles. The normalized spacial score (nSPS) is 18.7. The lowest BCUT2D eigenvalue weighted by molar-refractivity contribution is -0.274. The zero-order chi connectivity index (χ0) is 27.9. The molecule has 2 atom stereocenters. The van der Waals surface area contributed by atoms with Crippen LogP contribution in [-0.2, 0) is 16.5 Å². The molecule has 0 aliphatic carbocycles. The highest BCUT2D eigenvalue weighted by Gasteiger charge is 2.43. The van der Waals surface area contributed by atoms with E-state index in [-0.39, 0.29) is 5.91 Å². The first-order valence-corrected chi connectivity index (χ1v) is 11.7. The van der Waals surface area contributed by atoms with E-state index in [2.05, 4.69) is 15.0 Å². The summed E-state index contributed by atoms with van der Waals surface area (Å²) in [5, 5.41) is 3.25. The van der Waals surface area contributed by atoms with Crippen LogP contribution in [0.25, 0.3) is 0 Å². The van der Waals surface area contributed by atoms with Crippen LogP contribution in [0.15, 0.2) is 66.9 Å². The van der Waals surface area contributed by atoms with Gasteiger partial charge >= 0.3 is 12.5 Å². The molecule has 3 aromatic rings. The molecule has 1 fully saturated rings. The Morgan fingerprint density at radius 1 is 0.974 bits per heavy atom. The molecule has 1 N–H and O–H groups in total. The average Bonchev–Trinajstić information content (AvgIpc) is 3.13. The summed E-state index contributed by atoms with van der Waals surface area (Å²) in [4.78, 5) is 18.7. The predicted molar refractivity (Wildman–Crippen MR) is 128 cm³/mol. The lowest BCUT2D eigenvalue weighted by atomic mass is 9.93. The highest BCUT2D eigenvalue weighted by atomic mass is 19.4. The molecular weight excluding hydrogens is 512 g/mol. The van der Waals surface area contributed by atoms with E-state index < -0.39 is 41.6 Å². The van der Waals surface area contributed by atoms with Gasteiger partial charge in [0, 0.05) is 17.4 Å². The molecular formula is C27H25F6N3O2. The summed E-state index contributed by atoms with van der Waals surface area (Å²) in [6.45, 7) is 5.38. The van der Waals surface area contributed by atoms with Gasteiger partial charge in [0.15, 0.2) is 0 Å². The largest absolute Gasteiger partial charge is 0.573 e. The van der Waals surface area contributed by atoms with Gasteiger partial charge in [0.25, 0.3) is 0 Å². The van der Waals surface area contributed by atoms with Gasteiger partial charge in [-0.15, -0.1) is 13.2 Å². The minimum absolute atomic E-state index is 0.320. The van der Waals surface area contributed by atoms with E-state index in [0.29, 0.717) is 17.7 Å². The first-order chi connectivity index (χ1) is 17.6. The van der Waals surface area contributed by atoms with Crippen molar-refractivity contribution in [2.45, 2.75) is 57.4 Å². The van der Waals surface area contributed by atoms with Crippen molar-refractivity contribution in [1.82, 2.24) is 10.3 Å². The number of aryl methyl sites for hydroxylation is 1. The standard InChI is InChI=1S/C27H25F6N3O2/c1-16-5-4-6-17(13-16)22-14-21(35-25(2,3)18-7-12-23(34-15-18)26(28,29)30)24(37)36(22)19-8-10-20(11-9-19)38-27(31,32)33/h4-13,15,21-22,35H,14H2,1-3H3. The summed E-state index contributed by atoms with van der Waals surface area (Å²) in [7, 11) is 0. The number of halogens is 6. The molecule has 11 heteroatoms. The van der Waals surface area contributed by atoms with Gasteiger partial charge in [0.05, 0.1) is 12.1 Å². The summed E-state index contributed by atoms with van der Waals surface area (Å²) >= 11 is 0. The van der Waals surface area contributed by atoms with Gasteiger partial charge < -0.3 is 9.64 Å². The van der Waals surface area contributed by atoms with Crippen LogP contribution >= 0.6 is 0 Å². The van der Waals surface area contributed by atoms with Crippen LogP contribution in [0.2, 0.25) is 0 Å². The quantitative estimate of drug-likeness (QED) is 0.357. The number of nitrogens with zero attached hydrogens (tertiary/aromatic N) is 2. The Morgan fingerprint density at radius 2 is 1.66 bits per heavy atom. The summed E-state index contributed by atoms with van der Waals surface area (Å²) in [5.41, 5.74) is 0.711. The van der Waals surface area contributed by atoms with Gasteiger partial charge in [-0.1, -0.05) is 35.9 Å². The Kier molecular flexibility index (Phi) is 7.17. The summed E-state index contributed by atoms with van der Waals surface area (Å²) in [5.74, 6) is -0.737. The van der Waals surface area contributed by atoms with Gasteiger partial charge in [-0.2, -0.15) is 13.2 Å². The molecule has 1 aliphatic heterocycles. The SMILES string of the molecule is Cc1cccc(C2CC(NC(C)(C)c3ccc(C(F)(F)F)nc3)C(=O)N2c2ccc(OC(F)(F)F)cc2)c1. The van der Waals surface area contributed by atoms with Crippen LogP contribution in [0, 0.1) is 6.92 Å². The topological polar surface area (TPSA) is 54.5 Å². The number of nitrogens with one attached hydrogen (secondary N) is 1. The van der Waals surface area contributed by atoms with Crippen molar-refractivity contribution >= 4 is 11.6 Å². The number of aromatic nitrogens is 1. The number of alkyl halides is 6. The van der Waals surface area contributed by atoms with Crippen molar-refractivity contribution in [2.75, 3.05) is 4.90 Å². The van der Waals surface area contributed by atoms with Gasteiger partial charge in [-0.25, -0.2) is 0 Å². The van der Waals surface area contributed by atoms with Gasteiger partial charge in [0.2, 0.25) is 5.91 Å². The first kappa shape index (κ1) is 27.4. The van der Waals surface area contributed by atoms with E-state index in [4.69, 9.17) is 0 Å². The lowest BCUT2D eigenvalue weighted by Crippen LogP contribution is -2.47. The van der Waals surface area contributed by atoms with Crippen LogP contribution in [0.1, 0.15) is 48.7 Å². The molecule has 4 rings (SSSR count). The van der Waals surface area contributed by atoms with Gasteiger partial charge in [-0.05, 0) is 68.7 Å². The first-order valence-electron chi connectivity index (χ1n) is 11.7. The Labute approximate surface area is 215 Å². The fourth-order valence-corrected chi connectivity index (χ4v) is 4.60. The minimum atomic E-state index is -4.84. The zero-order valence-corrected chi connectivity index (χ0v) is 20.7. The molecule has 1 aromatic heterocycles. The van der Waals surface area contributed by atoms with Crippen molar-refractivity contribution < 1.29 is 35.9 Å². The van der Waals surface area contributed by atoms with Crippen LogP contribution in [-0.4, -0.2) is 23.3 Å². The zero-order valence-electron chi connectivity index (χ0n) is 20.7. The van der Waals surface area contributed by atoms with E-state index >= 15 is 0 Å². The fraction of sp³-hybridized carbons (Fsp3) is 0.333. The smallest absolute Gasteiger partial charge is 0.406 e. The highest BCUT2D eigenvalue weighted by molar-refractivity contribution is 6.00. The number of carbonyl (C=O) groups excluding carboxylic acids is 1. The number of anilines is 1. The average molecular weight is 538 g/mol. The molecule has 1 aliphatic rings. The molecule has 2 unspecified atom stereocenters. The Balaban J connectivity index is 1.63. The summed E-state index contributed by atoms with van der Waals surface area (Å²) in [6.07, 6.45) is -7.96. The molecule has 0 radical (unpaired) electrons. The molecule has 1 amide bonds. The molecule has 38 heavy (non-hydrogen) atoms. The number of pyridine rings is 1. The molecule has 2 heterocycles. The van der Waals surface area contributed by atoms with Crippen molar-refractivity contribution in [3.05, 3.63) is 89.2 Å². The molecule has 5 nitrogen and oxygen atoms in total. The van der Waals surface area contributed by atoms with E-state index in [9.17, 15) is 31.1 Å². The number of hydrogen-bond acceptors (Lipinski definition) is 4. The van der Waals surface area contributed by atoms with E-state index in [1.807, 2.05) is 31.2 Å². The maximum absolute atomic E-state index is 13.7. The Morgan fingerprint density at radius 3 is 2.21 bits per heavy atom. The number of benzene rings is 2. The monoisotopic (exact) mass is 537 g/mol. The van der Waals surface area contributed by atoms with Crippen molar-refractivity contribution in [1.29, 1.82) is 0 Å². The van der Waals surface area contributed by atoms with Crippen molar-refractivity contribution in [2.24, 2.45) is 0 Å². The number of rotatable bonds is 6. The third-order valence-electron chi connectivity index (χ3n) is 6.39. The summed E-state index contributed by atoms with van der Waals surface area (Å²) < 4.78 is 80.6. The van der Waals surface area contributed by atoms with Crippen molar-refractivity contribution in [3.63, 3.8) is 0 Å². The lowest BCUT2D eigenvalue weighted by Gasteiger charge is -2.30. The second-order valence-corrected chi connectivity index (χ2v) is 9.67. The van der Waals surface area contributed by atoms with Gasteiger partial charge in [0.1, 0.15) is 11.4 Å². The minimum Gasteiger partial charge on any atom is -0.406 e. The predicted octanol–water partition coefficient (Wildman–Crippen LogP) is 6.68. The molecule has 1 saturated heterocycles. The van der Waals surface area contributed by atoms with Crippen LogP contribution in [0.5, 0.6) is 5.75 Å². The molecule has 0 spiro atoms. The summed E-state index contributed by atoms with van der Waals surface area (Å²) in [6, 6.07) is 13.6. The third kappa shape index (κ3) is 6.09. The van der Waals surface area contributed by atoms with Gasteiger partial charge in [-0.3, -0.25) is 15.1 Å². The number of hydrogen-bond donors (Lipinski definition) is 1. The second kappa shape index (κ2) is 9.94. The fourth-order valence-electron chi connectivity index (χ4n) is 4.60. The molecule has 0 saturated carbocycles. The van der Waals surface area contributed by atoms with Crippen LogP contribution in [0.4, 0.5) is 32.0 Å². The third-order valence-corrected chi connectivity index (χ3v) is 6.39. The number of ether oxygens (including phenoxy) is 1. The van der Waals surface area contributed by atoms with E-state index in [0.717, 1.165) is 35.5 Å².